The van der Waals surface area contributed by atoms with E-state index >= 15 is 0 Å². The van der Waals surface area contributed by atoms with E-state index in [4.69, 9.17) is 5.11 Å². The number of nitrogens with zero attached hydrogens (tertiary/aromatic N) is 3. The minimum Gasteiger partial charge on any atom is -0.478 e. The molecule has 0 unspecified atom stereocenters. The van der Waals surface area contributed by atoms with Crippen LogP contribution in [0.5, 0.6) is 0 Å². The molecule has 0 saturated carbocycles. The summed E-state index contributed by atoms with van der Waals surface area (Å²) in [4.78, 5) is 19.6. The molecule has 5 nitrogen and oxygen atoms in total. The van der Waals surface area contributed by atoms with Crippen LogP contribution in [-0.2, 0) is 0 Å². The molecule has 0 aliphatic rings. The number of fused-ring (bicyclic) bond motifs is 1. The molecule has 0 radical (unpaired) electrons. The van der Waals surface area contributed by atoms with Crippen molar-refractivity contribution < 1.29 is 9.90 Å². The maximum atomic E-state index is 11.1. The van der Waals surface area contributed by atoms with Crippen LogP contribution in [0.3, 0.4) is 0 Å². The van der Waals surface area contributed by atoms with Crippen LogP contribution in [0.1, 0.15) is 10.4 Å². The zero-order valence-electron chi connectivity index (χ0n) is 9.48. The lowest BCUT2D eigenvalue weighted by molar-refractivity contribution is 0.0699. The third-order valence-electron chi connectivity index (χ3n) is 2.47. The van der Waals surface area contributed by atoms with Gasteiger partial charge in [0, 0.05) is 5.39 Å². The molecule has 0 atom stereocenters. The van der Waals surface area contributed by atoms with Gasteiger partial charge >= 0.3 is 5.97 Å². The number of carboxylic acid groups (broad SMARTS) is 1. The SMILES string of the molecule is O=C(O)c1cccc2nc(Sc3ncns3)ccc12. The molecule has 3 rings (SSSR count). The van der Waals surface area contributed by atoms with Gasteiger partial charge in [0.05, 0.1) is 11.1 Å². The van der Waals surface area contributed by atoms with Crippen molar-refractivity contribution in [3.63, 3.8) is 0 Å². The summed E-state index contributed by atoms with van der Waals surface area (Å²) >= 11 is 2.71. The average molecular weight is 289 g/mol. The molecule has 0 aliphatic heterocycles. The first-order valence-electron chi connectivity index (χ1n) is 5.31. The fourth-order valence-electron chi connectivity index (χ4n) is 1.68. The third-order valence-corrected chi connectivity index (χ3v) is 4.12. The Balaban J connectivity index is 2.04. The zero-order chi connectivity index (χ0) is 13.2. The largest absolute Gasteiger partial charge is 0.478 e. The summed E-state index contributed by atoms with van der Waals surface area (Å²) in [5.41, 5.74) is 0.923. The average Bonchev–Trinajstić information content (AvgIpc) is 2.90. The fourth-order valence-corrected chi connectivity index (χ4v) is 3.05. The van der Waals surface area contributed by atoms with E-state index < -0.39 is 5.97 Å². The molecule has 0 amide bonds. The van der Waals surface area contributed by atoms with Crippen molar-refractivity contribution in [2.75, 3.05) is 0 Å². The van der Waals surface area contributed by atoms with Crippen LogP contribution in [0.15, 0.2) is 46.0 Å². The number of carbonyl (C=O) groups is 1. The van der Waals surface area contributed by atoms with E-state index in [2.05, 4.69) is 14.3 Å². The molecule has 2 aromatic heterocycles. The highest BCUT2D eigenvalue weighted by Gasteiger charge is 2.10. The predicted octanol–water partition coefficient (Wildman–Crippen LogP) is 2.94. The monoisotopic (exact) mass is 289 g/mol. The van der Waals surface area contributed by atoms with Crippen molar-refractivity contribution >= 4 is 40.2 Å². The third kappa shape index (κ3) is 2.42. The lowest BCUT2D eigenvalue weighted by atomic mass is 10.1. The second-order valence-electron chi connectivity index (χ2n) is 3.64. The maximum absolute atomic E-state index is 11.1. The van der Waals surface area contributed by atoms with Gasteiger partial charge in [-0.15, -0.1) is 0 Å². The molecule has 0 fully saturated rings. The Morgan fingerprint density at radius 2 is 2.16 bits per heavy atom. The molecule has 2 heterocycles. The van der Waals surface area contributed by atoms with E-state index in [1.54, 1.807) is 30.3 Å². The van der Waals surface area contributed by atoms with Crippen molar-refractivity contribution in [3.8, 4) is 0 Å². The minimum atomic E-state index is -0.947. The molecule has 0 aliphatic carbocycles. The second-order valence-corrected chi connectivity index (χ2v) is 5.68. The van der Waals surface area contributed by atoms with E-state index in [-0.39, 0.29) is 5.56 Å². The number of hydrogen-bond acceptors (Lipinski definition) is 6. The Kier molecular flexibility index (Phi) is 3.14. The molecule has 3 aromatic rings. The topological polar surface area (TPSA) is 76.0 Å². The van der Waals surface area contributed by atoms with Gasteiger partial charge in [0.2, 0.25) is 0 Å². The Morgan fingerprint density at radius 1 is 1.26 bits per heavy atom. The van der Waals surface area contributed by atoms with Gasteiger partial charge in [-0.05, 0) is 47.6 Å². The highest BCUT2D eigenvalue weighted by atomic mass is 32.2. The van der Waals surface area contributed by atoms with Crippen molar-refractivity contribution in [2.24, 2.45) is 0 Å². The fraction of sp³-hybridized carbons (Fsp3) is 0. The standard InChI is InChI=1S/C12H7N3O2S2/c16-11(17)8-2-1-3-9-7(8)4-5-10(15-9)18-12-13-6-14-19-12/h1-6H,(H,16,17). The van der Waals surface area contributed by atoms with Crippen molar-refractivity contribution in [1.82, 2.24) is 14.3 Å². The Bertz CT molecular complexity index is 744. The summed E-state index contributed by atoms with van der Waals surface area (Å²) in [6.07, 6.45) is 1.50. The first-order valence-corrected chi connectivity index (χ1v) is 6.90. The van der Waals surface area contributed by atoms with Crippen molar-refractivity contribution in [3.05, 3.63) is 42.2 Å². The van der Waals surface area contributed by atoms with Gasteiger partial charge < -0.3 is 5.11 Å². The second kappa shape index (κ2) is 4.94. The summed E-state index contributed by atoms with van der Waals surface area (Å²) in [6, 6.07) is 8.63. The quantitative estimate of drug-likeness (QED) is 0.799. The molecular formula is C12H7N3O2S2. The normalized spacial score (nSPS) is 10.7. The lowest BCUT2D eigenvalue weighted by Crippen LogP contribution is -1.97. The summed E-state index contributed by atoms with van der Waals surface area (Å²) < 4.78 is 4.73. The lowest BCUT2D eigenvalue weighted by Gasteiger charge is -2.03. The molecule has 7 heteroatoms. The van der Waals surface area contributed by atoms with Crippen LogP contribution in [-0.4, -0.2) is 25.4 Å². The Labute approximate surface area is 116 Å². The van der Waals surface area contributed by atoms with Crippen LogP contribution >= 0.6 is 23.3 Å². The van der Waals surface area contributed by atoms with E-state index in [0.717, 1.165) is 9.37 Å². The minimum absolute atomic E-state index is 0.262. The summed E-state index contributed by atoms with van der Waals surface area (Å²) in [7, 11) is 0. The van der Waals surface area contributed by atoms with E-state index in [1.165, 1.54) is 29.6 Å². The van der Waals surface area contributed by atoms with Gasteiger partial charge in [0.1, 0.15) is 11.4 Å². The van der Waals surface area contributed by atoms with Crippen molar-refractivity contribution in [1.29, 1.82) is 0 Å². The Hall–Kier alpha value is -1.99. The van der Waals surface area contributed by atoms with Gasteiger partial charge in [-0.3, -0.25) is 0 Å². The molecule has 0 bridgehead atoms. The van der Waals surface area contributed by atoms with Gasteiger partial charge in [-0.2, -0.15) is 4.37 Å². The van der Waals surface area contributed by atoms with Gasteiger partial charge in [0.25, 0.3) is 0 Å². The zero-order valence-corrected chi connectivity index (χ0v) is 11.1. The number of carboxylic acids is 1. The predicted molar refractivity (Wildman–Crippen MR) is 72.7 cm³/mol. The number of pyridine rings is 1. The molecular weight excluding hydrogens is 282 g/mol. The molecule has 1 N–H and O–H groups in total. The number of hydrogen-bond donors (Lipinski definition) is 1. The van der Waals surface area contributed by atoms with Crippen LogP contribution in [0, 0.1) is 0 Å². The Morgan fingerprint density at radius 3 is 2.89 bits per heavy atom. The van der Waals surface area contributed by atoms with E-state index in [9.17, 15) is 4.79 Å². The summed E-state index contributed by atoms with van der Waals surface area (Å²) in [5, 5.41) is 10.5. The summed E-state index contributed by atoms with van der Waals surface area (Å²) in [5.74, 6) is -0.947. The molecule has 0 spiro atoms. The first-order chi connectivity index (χ1) is 9.24. The van der Waals surface area contributed by atoms with Crippen LogP contribution in [0.25, 0.3) is 10.9 Å². The number of aromatic nitrogens is 3. The smallest absolute Gasteiger partial charge is 0.336 e. The van der Waals surface area contributed by atoms with Crippen molar-refractivity contribution in [2.45, 2.75) is 9.37 Å². The van der Waals surface area contributed by atoms with Gasteiger partial charge in [0.15, 0.2) is 4.34 Å². The van der Waals surface area contributed by atoms with Crippen LogP contribution in [0.2, 0.25) is 0 Å². The highest BCUT2D eigenvalue weighted by Crippen LogP contribution is 2.28. The number of rotatable bonds is 3. The molecule has 1 aromatic carbocycles. The highest BCUT2D eigenvalue weighted by molar-refractivity contribution is 8.00. The van der Waals surface area contributed by atoms with Gasteiger partial charge in [-0.25, -0.2) is 14.8 Å². The molecule has 94 valence electrons. The van der Waals surface area contributed by atoms with Gasteiger partial charge in [-0.1, -0.05) is 6.07 Å². The van der Waals surface area contributed by atoms with E-state index in [1.807, 2.05) is 0 Å². The number of benzene rings is 1. The maximum Gasteiger partial charge on any atom is 0.336 e. The summed E-state index contributed by atoms with van der Waals surface area (Å²) in [6.45, 7) is 0. The first kappa shape index (κ1) is 12.1. The van der Waals surface area contributed by atoms with Crippen LogP contribution in [0.4, 0.5) is 0 Å². The molecule has 0 saturated heterocycles. The van der Waals surface area contributed by atoms with Crippen LogP contribution < -0.4 is 0 Å². The van der Waals surface area contributed by atoms with E-state index in [0.29, 0.717) is 10.9 Å². The number of aromatic carboxylic acids is 1. The molecule has 19 heavy (non-hydrogen) atoms.